The van der Waals surface area contributed by atoms with Crippen LogP contribution >= 0.6 is 0 Å². The quantitative estimate of drug-likeness (QED) is 0.908. The van der Waals surface area contributed by atoms with Crippen molar-refractivity contribution < 1.29 is 9.59 Å². The monoisotopic (exact) mass is 314 g/mol. The van der Waals surface area contributed by atoms with Crippen LogP contribution in [0.2, 0.25) is 0 Å². The van der Waals surface area contributed by atoms with Crippen LogP contribution in [0.25, 0.3) is 0 Å². The zero-order valence-corrected chi connectivity index (χ0v) is 13.7. The first-order chi connectivity index (χ1) is 11.2. The minimum atomic E-state index is 0.199. The zero-order valence-electron chi connectivity index (χ0n) is 13.7. The molecule has 1 N–H and O–H groups in total. The zero-order chi connectivity index (χ0) is 16.1. The number of hydrogen-bond acceptors (Lipinski definition) is 2. The maximum Gasteiger partial charge on any atom is 0.223 e. The Morgan fingerprint density at radius 2 is 1.91 bits per heavy atom. The number of carbonyl (C=O) groups excluding carboxylic acids is 2. The highest BCUT2D eigenvalue weighted by atomic mass is 16.2. The Morgan fingerprint density at radius 1 is 1.13 bits per heavy atom. The molecule has 0 aromatic heterocycles. The van der Waals surface area contributed by atoms with Gasteiger partial charge in [0.05, 0.1) is 0 Å². The SMILES string of the molecule is O=C(NCc1cccc(CN2CCCC2=O)c1)C1CCCCC1. The third-order valence-electron chi connectivity index (χ3n) is 4.98. The van der Waals surface area contributed by atoms with Gasteiger partial charge in [-0.25, -0.2) is 0 Å². The third-order valence-corrected chi connectivity index (χ3v) is 4.98. The molecule has 4 nitrogen and oxygen atoms in total. The first kappa shape index (κ1) is 16.0. The summed E-state index contributed by atoms with van der Waals surface area (Å²) in [6, 6.07) is 8.21. The highest BCUT2D eigenvalue weighted by Crippen LogP contribution is 2.23. The van der Waals surface area contributed by atoms with Crippen LogP contribution in [0.1, 0.15) is 56.1 Å². The average molecular weight is 314 g/mol. The molecular formula is C19H26N2O2. The minimum Gasteiger partial charge on any atom is -0.352 e. The van der Waals surface area contributed by atoms with Gasteiger partial charge in [0.1, 0.15) is 0 Å². The van der Waals surface area contributed by atoms with Crippen LogP contribution in [0.5, 0.6) is 0 Å². The second kappa shape index (κ2) is 7.62. The number of nitrogens with zero attached hydrogens (tertiary/aromatic N) is 1. The molecule has 0 atom stereocenters. The first-order valence-corrected chi connectivity index (χ1v) is 8.86. The van der Waals surface area contributed by atoms with Crippen molar-refractivity contribution in [2.45, 2.75) is 58.0 Å². The lowest BCUT2D eigenvalue weighted by atomic mass is 9.88. The number of carbonyl (C=O) groups is 2. The van der Waals surface area contributed by atoms with E-state index in [9.17, 15) is 9.59 Å². The van der Waals surface area contributed by atoms with Crippen molar-refractivity contribution in [3.05, 3.63) is 35.4 Å². The molecule has 2 aliphatic rings. The van der Waals surface area contributed by atoms with E-state index in [2.05, 4.69) is 17.4 Å². The average Bonchev–Trinajstić information content (AvgIpc) is 2.99. The van der Waals surface area contributed by atoms with E-state index < -0.39 is 0 Å². The normalized spacial score (nSPS) is 19.1. The van der Waals surface area contributed by atoms with Crippen molar-refractivity contribution in [1.29, 1.82) is 0 Å². The molecule has 4 heteroatoms. The molecule has 1 saturated heterocycles. The molecule has 3 rings (SSSR count). The summed E-state index contributed by atoms with van der Waals surface area (Å²) in [7, 11) is 0. The van der Waals surface area contributed by atoms with Crippen molar-refractivity contribution in [2.24, 2.45) is 5.92 Å². The lowest BCUT2D eigenvalue weighted by Crippen LogP contribution is -2.31. The van der Waals surface area contributed by atoms with Gasteiger partial charge >= 0.3 is 0 Å². The molecular weight excluding hydrogens is 288 g/mol. The number of rotatable bonds is 5. The van der Waals surface area contributed by atoms with Gasteiger partial charge in [0.2, 0.25) is 11.8 Å². The molecule has 23 heavy (non-hydrogen) atoms. The van der Waals surface area contributed by atoms with E-state index in [0.29, 0.717) is 19.5 Å². The molecule has 1 aromatic rings. The van der Waals surface area contributed by atoms with Crippen molar-refractivity contribution in [3.8, 4) is 0 Å². The molecule has 124 valence electrons. The predicted octanol–water partition coefficient (Wildman–Crippen LogP) is 3.01. The van der Waals surface area contributed by atoms with Gasteiger partial charge in [-0.3, -0.25) is 9.59 Å². The summed E-state index contributed by atoms with van der Waals surface area (Å²) in [6.45, 7) is 2.13. The second-order valence-electron chi connectivity index (χ2n) is 6.79. The fourth-order valence-electron chi connectivity index (χ4n) is 3.63. The van der Waals surface area contributed by atoms with Crippen LogP contribution in [0.3, 0.4) is 0 Å². The Balaban J connectivity index is 1.52. The summed E-state index contributed by atoms with van der Waals surface area (Å²) in [5.41, 5.74) is 2.25. The van der Waals surface area contributed by atoms with E-state index in [4.69, 9.17) is 0 Å². The number of nitrogens with one attached hydrogen (secondary N) is 1. The van der Waals surface area contributed by atoms with Gasteiger partial charge in [-0.15, -0.1) is 0 Å². The Labute approximate surface area is 138 Å². The molecule has 0 bridgehead atoms. The highest BCUT2D eigenvalue weighted by Gasteiger charge is 2.21. The van der Waals surface area contributed by atoms with Crippen LogP contribution in [0.4, 0.5) is 0 Å². The molecule has 0 spiro atoms. The number of hydrogen-bond donors (Lipinski definition) is 1. The molecule has 0 unspecified atom stereocenters. The smallest absolute Gasteiger partial charge is 0.223 e. The van der Waals surface area contributed by atoms with Gasteiger partial charge in [-0.05, 0) is 30.4 Å². The number of benzene rings is 1. The summed E-state index contributed by atoms with van der Waals surface area (Å²) in [5.74, 6) is 0.653. The highest BCUT2D eigenvalue weighted by molar-refractivity contribution is 5.79. The predicted molar refractivity (Wildman–Crippen MR) is 89.5 cm³/mol. The van der Waals surface area contributed by atoms with Crippen molar-refractivity contribution >= 4 is 11.8 Å². The van der Waals surface area contributed by atoms with Crippen LogP contribution in [0.15, 0.2) is 24.3 Å². The lowest BCUT2D eigenvalue weighted by Gasteiger charge is -2.21. The van der Waals surface area contributed by atoms with E-state index in [1.165, 1.54) is 19.3 Å². The van der Waals surface area contributed by atoms with Crippen molar-refractivity contribution in [2.75, 3.05) is 6.54 Å². The Hall–Kier alpha value is -1.84. The fourth-order valence-corrected chi connectivity index (χ4v) is 3.63. The molecule has 0 radical (unpaired) electrons. The largest absolute Gasteiger partial charge is 0.352 e. The molecule has 1 saturated carbocycles. The minimum absolute atomic E-state index is 0.199. The van der Waals surface area contributed by atoms with Gasteiger partial charge in [0, 0.05) is 32.0 Å². The lowest BCUT2D eigenvalue weighted by molar-refractivity contribution is -0.128. The van der Waals surface area contributed by atoms with E-state index >= 15 is 0 Å². The Kier molecular flexibility index (Phi) is 5.31. The summed E-state index contributed by atoms with van der Waals surface area (Å²) in [4.78, 5) is 25.9. The van der Waals surface area contributed by atoms with Crippen LogP contribution in [0, 0.1) is 5.92 Å². The maximum absolute atomic E-state index is 12.2. The summed E-state index contributed by atoms with van der Waals surface area (Å²) < 4.78 is 0. The topological polar surface area (TPSA) is 49.4 Å². The maximum atomic E-state index is 12.2. The van der Waals surface area contributed by atoms with E-state index in [1.54, 1.807) is 0 Å². The second-order valence-corrected chi connectivity index (χ2v) is 6.79. The molecule has 1 heterocycles. The molecule has 1 aliphatic heterocycles. The van der Waals surface area contributed by atoms with Gasteiger partial charge < -0.3 is 10.2 Å². The van der Waals surface area contributed by atoms with Crippen molar-refractivity contribution in [3.63, 3.8) is 0 Å². The molecule has 2 fully saturated rings. The van der Waals surface area contributed by atoms with Crippen LogP contribution < -0.4 is 5.32 Å². The van der Waals surface area contributed by atoms with Gasteiger partial charge in [0.15, 0.2) is 0 Å². The number of likely N-dealkylation sites (tertiary alicyclic amines) is 1. The van der Waals surface area contributed by atoms with Crippen molar-refractivity contribution in [1.82, 2.24) is 10.2 Å². The summed E-state index contributed by atoms with van der Waals surface area (Å²) in [6.07, 6.45) is 7.33. The van der Waals surface area contributed by atoms with E-state index in [0.717, 1.165) is 36.9 Å². The molecule has 2 amide bonds. The standard InChI is InChI=1S/C19H26N2O2/c22-18-10-5-11-21(18)14-16-7-4-6-15(12-16)13-20-19(23)17-8-2-1-3-9-17/h4,6-7,12,17H,1-3,5,8-11,13-14H2,(H,20,23). The Morgan fingerprint density at radius 3 is 2.65 bits per heavy atom. The number of amides is 2. The summed E-state index contributed by atoms with van der Waals surface area (Å²) >= 11 is 0. The van der Waals surface area contributed by atoms with Crippen LogP contribution in [-0.4, -0.2) is 23.3 Å². The Bertz CT molecular complexity index is 564. The van der Waals surface area contributed by atoms with Gasteiger partial charge in [-0.1, -0.05) is 43.5 Å². The third kappa shape index (κ3) is 4.34. The molecule has 1 aromatic carbocycles. The van der Waals surface area contributed by atoms with Gasteiger partial charge in [-0.2, -0.15) is 0 Å². The van der Waals surface area contributed by atoms with E-state index in [1.807, 2.05) is 17.0 Å². The first-order valence-electron chi connectivity index (χ1n) is 8.86. The van der Waals surface area contributed by atoms with Crippen LogP contribution in [-0.2, 0) is 22.7 Å². The van der Waals surface area contributed by atoms with Gasteiger partial charge in [0.25, 0.3) is 0 Å². The molecule has 1 aliphatic carbocycles. The fraction of sp³-hybridized carbons (Fsp3) is 0.579. The van der Waals surface area contributed by atoms with E-state index in [-0.39, 0.29) is 17.7 Å². The summed E-state index contributed by atoms with van der Waals surface area (Å²) in [5, 5.41) is 3.08.